The smallest absolute Gasteiger partial charge is 0.367 e. The Morgan fingerprint density at radius 3 is 2.38 bits per heavy atom. The first-order valence-electron chi connectivity index (χ1n) is 12.1. The molecular formula is C26H31F4N5O2. The van der Waals surface area contributed by atoms with Crippen molar-refractivity contribution in [1.82, 2.24) is 14.8 Å². The van der Waals surface area contributed by atoms with Gasteiger partial charge in [0, 0.05) is 56.1 Å². The van der Waals surface area contributed by atoms with Crippen molar-refractivity contribution >= 4 is 22.9 Å². The van der Waals surface area contributed by atoms with E-state index in [1.165, 1.54) is 12.1 Å². The van der Waals surface area contributed by atoms with Crippen molar-refractivity contribution in [3.8, 4) is 0 Å². The number of hydrogen-bond acceptors (Lipinski definition) is 5. The molecule has 0 spiro atoms. The third-order valence-corrected chi connectivity index (χ3v) is 7.27. The van der Waals surface area contributed by atoms with Crippen molar-refractivity contribution in [2.75, 3.05) is 50.5 Å². The number of carbonyl (C=O) groups is 1. The van der Waals surface area contributed by atoms with E-state index in [-0.39, 0.29) is 17.8 Å². The number of rotatable bonds is 4. The number of halogens is 4. The summed E-state index contributed by atoms with van der Waals surface area (Å²) in [7, 11) is 3.96. The Bertz CT molecular complexity index is 1260. The number of carbonyl (C=O) groups excluding carboxylic acids is 1. The van der Waals surface area contributed by atoms with E-state index >= 15 is 4.39 Å². The van der Waals surface area contributed by atoms with E-state index in [0.717, 1.165) is 18.3 Å². The van der Waals surface area contributed by atoms with E-state index < -0.39 is 34.6 Å². The van der Waals surface area contributed by atoms with Crippen LogP contribution in [0.15, 0.2) is 35.3 Å². The van der Waals surface area contributed by atoms with E-state index in [1.54, 1.807) is 0 Å². The van der Waals surface area contributed by atoms with Gasteiger partial charge in [-0.3, -0.25) is 14.5 Å². The summed E-state index contributed by atoms with van der Waals surface area (Å²) in [6.07, 6.45) is -1.64. The first-order chi connectivity index (χ1) is 17.3. The van der Waals surface area contributed by atoms with E-state index in [4.69, 9.17) is 0 Å². The standard InChI is InChI=1S/C26H31F4N5O2/c1-15-13-35(14-16(2)34(15)4)23-11-21(27)18(17-5-7-33(3)8-6-17)9-22(23)32-25(37)19-12-31-24(36)10-20(19)26(28,29)30/h5,9-12,15-16H,6-8,13-14H2,1-4H3,(H,31,36)(H,32,37)/t15-,16+. The molecule has 3 heterocycles. The van der Waals surface area contributed by atoms with Gasteiger partial charge in [0.2, 0.25) is 5.56 Å². The Morgan fingerprint density at radius 2 is 1.78 bits per heavy atom. The molecular weight excluding hydrogens is 490 g/mol. The molecule has 1 aromatic heterocycles. The second kappa shape index (κ2) is 10.3. The van der Waals surface area contributed by atoms with Crippen LogP contribution >= 0.6 is 0 Å². The third kappa shape index (κ3) is 5.72. The number of pyridine rings is 1. The zero-order chi connectivity index (χ0) is 27.1. The molecule has 0 bridgehead atoms. The molecule has 2 aromatic rings. The van der Waals surface area contributed by atoms with Crippen LogP contribution < -0.4 is 15.8 Å². The molecule has 0 radical (unpaired) electrons. The fourth-order valence-electron chi connectivity index (χ4n) is 4.87. The first kappa shape index (κ1) is 26.9. The highest BCUT2D eigenvalue weighted by molar-refractivity contribution is 6.07. The van der Waals surface area contributed by atoms with Gasteiger partial charge in [0.25, 0.3) is 5.91 Å². The summed E-state index contributed by atoms with van der Waals surface area (Å²) in [5, 5.41) is 2.59. The van der Waals surface area contributed by atoms with Crippen LogP contribution in [0.5, 0.6) is 0 Å². The van der Waals surface area contributed by atoms with Crippen molar-refractivity contribution in [2.24, 2.45) is 0 Å². The third-order valence-electron chi connectivity index (χ3n) is 7.27. The van der Waals surface area contributed by atoms with Crippen LogP contribution in [0.2, 0.25) is 0 Å². The normalized spacial score (nSPS) is 21.6. The molecule has 2 N–H and O–H groups in total. The lowest BCUT2D eigenvalue weighted by molar-refractivity contribution is -0.138. The fraction of sp³-hybridized carbons (Fsp3) is 0.462. The van der Waals surface area contributed by atoms with E-state index in [0.29, 0.717) is 43.4 Å². The van der Waals surface area contributed by atoms with E-state index in [1.807, 2.05) is 38.9 Å². The molecule has 200 valence electrons. The van der Waals surface area contributed by atoms with Crippen LogP contribution in [-0.4, -0.2) is 73.0 Å². The monoisotopic (exact) mass is 521 g/mol. The zero-order valence-corrected chi connectivity index (χ0v) is 21.2. The SMILES string of the molecule is C[C@@H]1CN(c2cc(F)c(C3=CCN(C)CC3)cc2NC(=O)c2c[nH]c(=O)cc2C(F)(F)F)C[C@H](C)N1C. The lowest BCUT2D eigenvalue weighted by Gasteiger charge is -2.44. The van der Waals surface area contributed by atoms with Crippen LogP contribution in [0.4, 0.5) is 28.9 Å². The average Bonchev–Trinajstić information content (AvgIpc) is 2.83. The fourth-order valence-corrected chi connectivity index (χ4v) is 4.87. The zero-order valence-electron chi connectivity index (χ0n) is 21.2. The second-order valence-corrected chi connectivity index (χ2v) is 9.94. The number of aromatic amines is 1. The molecule has 1 amide bonds. The van der Waals surface area contributed by atoms with Crippen LogP contribution in [0.25, 0.3) is 5.57 Å². The molecule has 7 nitrogen and oxygen atoms in total. The molecule has 1 aromatic carbocycles. The van der Waals surface area contributed by atoms with Gasteiger partial charge >= 0.3 is 6.18 Å². The quantitative estimate of drug-likeness (QED) is 0.595. The number of alkyl halides is 3. The highest BCUT2D eigenvalue weighted by atomic mass is 19.4. The number of aromatic nitrogens is 1. The maximum Gasteiger partial charge on any atom is 0.417 e. The molecule has 0 aliphatic carbocycles. The minimum Gasteiger partial charge on any atom is -0.367 e. The van der Waals surface area contributed by atoms with Crippen molar-refractivity contribution in [3.05, 3.63) is 63.3 Å². The summed E-state index contributed by atoms with van der Waals surface area (Å²) in [4.78, 5) is 33.1. The summed E-state index contributed by atoms with van der Waals surface area (Å²) in [6, 6.07) is 3.47. The summed E-state index contributed by atoms with van der Waals surface area (Å²) in [5.74, 6) is -1.50. The van der Waals surface area contributed by atoms with Crippen LogP contribution in [0.1, 0.15) is 41.8 Å². The van der Waals surface area contributed by atoms with Crippen molar-refractivity contribution in [1.29, 1.82) is 0 Å². The lowest BCUT2D eigenvalue weighted by Crippen LogP contribution is -2.55. The molecule has 37 heavy (non-hydrogen) atoms. The minimum absolute atomic E-state index is 0.127. The van der Waals surface area contributed by atoms with Crippen molar-refractivity contribution in [3.63, 3.8) is 0 Å². The van der Waals surface area contributed by atoms with Gasteiger partial charge in [-0.15, -0.1) is 0 Å². The van der Waals surface area contributed by atoms with E-state index in [9.17, 15) is 22.8 Å². The number of piperazine rings is 1. The summed E-state index contributed by atoms with van der Waals surface area (Å²) >= 11 is 0. The lowest BCUT2D eigenvalue weighted by atomic mass is 9.97. The van der Waals surface area contributed by atoms with Crippen molar-refractivity contribution in [2.45, 2.75) is 38.5 Å². The summed E-state index contributed by atoms with van der Waals surface area (Å²) in [6.45, 7) is 6.52. The number of anilines is 2. The number of likely N-dealkylation sites (N-methyl/N-ethyl adjacent to an activating group) is 2. The first-order valence-corrected chi connectivity index (χ1v) is 12.1. The van der Waals surface area contributed by atoms with Gasteiger partial charge in [0.15, 0.2) is 0 Å². The highest BCUT2D eigenvalue weighted by Gasteiger charge is 2.36. The van der Waals surface area contributed by atoms with Gasteiger partial charge in [-0.2, -0.15) is 13.2 Å². The predicted molar refractivity (Wildman–Crippen MR) is 135 cm³/mol. The van der Waals surface area contributed by atoms with Gasteiger partial charge < -0.3 is 20.1 Å². The Morgan fingerprint density at radius 1 is 1.11 bits per heavy atom. The molecule has 0 unspecified atom stereocenters. The Labute approximate surface area is 212 Å². The average molecular weight is 522 g/mol. The number of hydrogen-bond donors (Lipinski definition) is 2. The van der Waals surface area contributed by atoms with Crippen LogP contribution in [-0.2, 0) is 6.18 Å². The molecule has 0 saturated carbocycles. The number of H-pyrrole nitrogens is 1. The molecule has 11 heteroatoms. The topological polar surface area (TPSA) is 71.7 Å². The summed E-state index contributed by atoms with van der Waals surface area (Å²) < 4.78 is 56.3. The molecule has 1 saturated heterocycles. The van der Waals surface area contributed by atoms with Gasteiger partial charge in [0.05, 0.1) is 22.5 Å². The predicted octanol–water partition coefficient (Wildman–Crippen LogP) is 4.03. The second-order valence-electron chi connectivity index (χ2n) is 9.94. The van der Waals surface area contributed by atoms with E-state index in [2.05, 4.69) is 20.1 Å². The van der Waals surface area contributed by atoms with Gasteiger partial charge in [-0.1, -0.05) is 6.08 Å². The number of nitrogens with one attached hydrogen (secondary N) is 2. The minimum atomic E-state index is -4.90. The van der Waals surface area contributed by atoms with Gasteiger partial charge in [-0.05, 0) is 52.1 Å². The molecule has 1 fully saturated rings. The molecule has 4 rings (SSSR count). The molecule has 2 aliphatic heterocycles. The van der Waals surface area contributed by atoms with Crippen LogP contribution in [0.3, 0.4) is 0 Å². The maximum absolute atomic E-state index is 15.5. The highest BCUT2D eigenvalue weighted by Crippen LogP contribution is 2.37. The largest absolute Gasteiger partial charge is 0.417 e. The molecule has 2 atom stereocenters. The molecule has 2 aliphatic rings. The number of benzene rings is 1. The Hall–Kier alpha value is -3.18. The number of amides is 1. The Balaban J connectivity index is 1.78. The van der Waals surface area contributed by atoms with Crippen molar-refractivity contribution < 1.29 is 22.4 Å². The van der Waals surface area contributed by atoms with Gasteiger partial charge in [-0.25, -0.2) is 4.39 Å². The maximum atomic E-state index is 15.5. The summed E-state index contributed by atoms with van der Waals surface area (Å²) in [5.41, 5.74) is -1.33. The van der Waals surface area contributed by atoms with Crippen LogP contribution in [0, 0.1) is 5.82 Å². The number of nitrogens with zero attached hydrogens (tertiary/aromatic N) is 3. The Kier molecular flexibility index (Phi) is 7.48. The van der Waals surface area contributed by atoms with Gasteiger partial charge in [0.1, 0.15) is 5.82 Å².